The molecule has 2 nitrogen and oxygen atoms in total. The molecule has 18 heavy (non-hydrogen) atoms. The third-order valence-corrected chi connectivity index (χ3v) is 3.08. The van der Waals surface area contributed by atoms with Crippen molar-refractivity contribution >= 4 is 33.3 Å². The molecule has 5 heteroatoms. The lowest BCUT2D eigenvalue weighted by molar-refractivity contribution is 0.103. The monoisotopic (exact) mass is 328 g/mol. The van der Waals surface area contributed by atoms with Crippen LogP contribution < -0.4 is 0 Å². The Bertz CT molecular complexity index is 588. The molecule has 0 unspecified atom stereocenters. The Kier molecular flexibility index (Phi) is 3.68. The second kappa shape index (κ2) is 5.08. The first-order valence-electron chi connectivity index (χ1n) is 4.97. The highest BCUT2D eigenvalue weighted by atomic mass is 79.9. The maximum atomic E-state index is 13.7. The standard InChI is InChI=1S/C13H7BrClFO2/c14-8-5-10(16)12(11(17)6-8)13(18)7-1-3-9(15)4-2-7/h1-6,17H. The van der Waals surface area contributed by atoms with E-state index in [0.29, 0.717) is 9.50 Å². The van der Waals surface area contributed by atoms with E-state index in [1.54, 1.807) is 0 Å². The summed E-state index contributed by atoms with van der Waals surface area (Å²) in [5, 5.41) is 10.1. The second-order valence-corrected chi connectivity index (χ2v) is 4.97. The highest BCUT2D eigenvalue weighted by molar-refractivity contribution is 9.10. The first kappa shape index (κ1) is 13.1. The molecule has 92 valence electrons. The van der Waals surface area contributed by atoms with E-state index in [9.17, 15) is 14.3 Å². The van der Waals surface area contributed by atoms with Gasteiger partial charge in [-0.05, 0) is 36.4 Å². The molecule has 0 aromatic heterocycles. The molecule has 1 N–H and O–H groups in total. The van der Waals surface area contributed by atoms with E-state index in [4.69, 9.17) is 11.6 Å². The molecule has 0 saturated carbocycles. The third kappa shape index (κ3) is 2.54. The third-order valence-electron chi connectivity index (χ3n) is 2.37. The van der Waals surface area contributed by atoms with Crippen LogP contribution in [0, 0.1) is 5.82 Å². The average molecular weight is 330 g/mol. The fraction of sp³-hybridized carbons (Fsp3) is 0. The highest BCUT2D eigenvalue weighted by Crippen LogP contribution is 2.28. The van der Waals surface area contributed by atoms with Gasteiger partial charge in [0.1, 0.15) is 17.1 Å². The summed E-state index contributed by atoms with van der Waals surface area (Å²) in [6.07, 6.45) is 0. The molecule has 0 aliphatic heterocycles. The summed E-state index contributed by atoms with van der Waals surface area (Å²) in [7, 11) is 0. The van der Waals surface area contributed by atoms with Gasteiger partial charge in [-0.15, -0.1) is 0 Å². The molecule has 0 aliphatic carbocycles. The number of phenolic OH excluding ortho intramolecular Hbond substituents is 1. The first-order chi connectivity index (χ1) is 8.49. The zero-order valence-electron chi connectivity index (χ0n) is 8.95. The normalized spacial score (nSPS) is 10.4. The van der Waals surface area contributed by atoms with Crippen molar-refractivity contribution in [1.82, 2.24) is 0 Å². The Morgan fingerprint density at radius 2 is 1.83 bits per heavy atom. The molecule has 0 aliphatic rings. The molecule has 0 heterocycles. The Morgan fingerprint density at radius 1 is 1.22 bits per heavy atom. The first-order valence-corrected chi connectivity index (χ1v) is 6.14. The fourth-order valence-electron chi connectivity index (χ4n) is 1.53. The van der Waals surface area contributed by atoms with Crippen LogP contribution in [0.15, 0.2) is 40.9 Å². The summed E-state index contributed by atoms with van der Waals surface area (Å²) in [6.45, 7) is 0. The highest BCUT2D eigenvalue weighted by Gasteiger charge is 2.19. The summed E-state index contributed by atoms with van der Waals surface area (Å²) in [5.74, 6) is -1.77. The number of carbonyl (C=O) groups excluding carboxylic acids is 1. The van der Waals surface area contributed by atoms with Crippen molar-refractivity contribution in [2.45, 2.75) is 0 Å². The molecule has 2 rings (SSSR count). The van der Waals surface area contributed by atoms with Gasteiger partial charge < -0.3 is 5.11 Å². The lowest BCUT2D eigenvalue weighted by atomic mass is 10.0. The van der Waals surface area contributed by atoms with Gasteiger partial charge in [-0.1, -0.05) is 27.5 Å². The van der Waals surface area contributed by atoms with E-state index in [2.05, 4.69) is 15.9 Å². The van der Waals surface area contributed by atoms with Gasteiger partial charge in [0.05, 0.1) is 0 Å². The lowest BCUT2D eigenvalue weighted by Crippen LogP contribution is -2.04. The number of halogens is 3. The van der Waals surface area contributed by atoms with Crippen molar-refractivity contribution in [2.24, 2.45) is 0 Å². The van der Waals surface area contributed by atoms with Crippen molar-refractivity contribution in [2.75, 3.05) is 0 Å². The average Bonchev–Trinajstić information content (AvgIpc) is 2.28. The molecule has 0 bridgehead atoms. The van der Waals surface area contributed by atoms with Crippen LogP contribution in [0.4, 0.5) is 4.39 Å². The van der Waals surface area contributed by atoms with E-state index in [1.165, 1.54) is 30.3 Å². The topological polar surface area (TPSA) is 37.3 Å². The quantitative estimate of drug-likeness (QED) is 0.839. The predicted molar refractivity (Wildman–Crippen MR) is 70.6 cm³/mol. The van der Waals surface area contributed by atoms with Crippen LogP contribution in [-0.2, 0) is 0 Å². The number of hydrogen-bond acceptors (Lipinski definition) is 2. The Labute approximate surface area is 116 Å². The maximum absolute atomic E-state index is 13.7. The van der Waals surface area contributed by atoms with Gasteiger partial charge in [-0.2, -0.15) is 0 Å². The van der Waals surface area contributed by atoms with Crippen LogP contribution in [0.3, 0.4) is 0 Å². The number of ketones is 1. The summed E-state index contributed by atoms with van der Waals surface area (Å²) >= 11 is 8.74. The molecule has 2 aromatic rings. The molecule has 2 aromatic carbocycles. The molecular weight excluding hydrogens is 322 g/mol. The molecule has 0 saturated heterocycles. The van der Waals surface area contributed by atoms with Crippen LogP contribution >= 0.6 is 27.5 Å². The van der Waals surface area contributed by atoms with Crippen LogP contribution in [0.5, 0.6) is 5.75 Å². The molecule has 0 spiro atoms. The van der Waals surface area contributed by atoms with Crippen LogP contribution in [0.2, 0.25) is 5.02 Å². The number of hydrogen-bond donors (Lipinski definition) is 1. The lowest BCUT2D eigenvalue weighted by Gasteiger charge is -2.06. The van der Waals surface area contributed by atoms with Crippen molar-refractivity contribution in [3.8, 4) is 5.75 Å². The summed E-state index contributed by atoms with van der Waals surface area (Å²) in [6, 6.07) is 8.41. The second-order valence-electron chi connectivity index (χ2n) is 3.62. The predicted octanol–water partition coefficient (Wildman–Crippen LogP) is 4.18. The fourth-order valence-corrected chi connectivity index (χ4v) is 2.07. The minimum atomic E-state index is -0.776. The maximum Gasteiger partial charge on any atom is 0.199 e. The molecule has 0 atom stereocenters. The molecule has 0 radical (unpaired) electrons. The van der Waals surface area contributed by atoms with E-state index in [1.807, 2.05) is 0 Å². The van der Waals surface area contributed by atoms with Gasteiger partial charge in [0, 0.05) is 15.1 Å². The van der Waals surface area contributed by atoms with E-state index in [0.717, 1.165) is 6.07 Å². The van der Waals surface area contributed by atoms with Gasteiger partial charge >= 0.3 is 0 Å². The Hall–Kier alpha value is -1.39. The van der Waals surface area contributed by atoms with Crippen molar-refractivity contribution in [3.63, 3.8) is 0 Å². The largest absolute Gasteiger partial charge is 0.507 e. The van der Waals surface area contributed by atoms with Gasteiger partial charge in [-0.3, -0.25) is 4.79 Å². The van der Waals surface area contributed by atoms with E-state index in [-0.39, 0.29) is 11.1 Å². The summed E-state index contributed by atoms with van der Waals surface area (Å²) < 4.78 is 14.1. The Balaban J connectivity index is 2.49. The molecular formula is C13H7BrClFO2. The number of rotatable bonds is 2. The van der Waals surface area contributed by atoms with Gasteiger partial charge in [0.15, 0.2) is 5.78 Å². The number of phenols is 1. The summed E-state index contributed by atoms with van der Waals surface area (Å²) in [5.41, 5.74) is -0.0866. The number of carbonyl (C=O) groups is 1. The van der Waals surface area contributed by atoms with Gasteiger partial charge in [-0.25, -0.2) is 4.39 Å². The van der Waals surface area contributed by atoms with E-state index >= 15 is 0 Å². The van der Waals surface area contributed by atoms with Crippen molar-refractivity contribution in [1.29, 1.82) is 0 Å². The number of benzene rings is 2. The smallest absolute Gasteiger partial charge is 0.199 e. The zero-order valence-corrected chi connectivity index (χ0v) is 11.3. The van der Waals surface area contributed by atoms with Gasteiger partial charge in [0.25, 0.3) is 0 Å². The van der Waals surface area contributed by atoms with Crippen LogP contribution in [0.25, 0.3) is 0 Å². The zero-order chi connectivity index (χ0) is 13.3. The van der Waals surface area contributed by atoms with Crippen molar-refractivity contribution < 1.29 is 14.3 Å². The van der Waals surface area contributed by atoms with Gasteiger partial charge in [0.2, 0.25) is 0 Å². The minimum Gasteiger partial charge on any atom is -0.507 e. The minimum absolute atomic E-state index is 0.260. The molecule has 0 amide bonds. The van der Waals surface area contributed by atoms with Crippen LogP contribution in [0.1, 0.15) is 15.9 Å². The Morgan fingerprint density at radius 3 is 2.39 bits per heavy atom. The number of aromatic hydroxyl groups is 1. The van der Waals surface area contributed by atoms with Crippen molar-refractivity contribution in [3.05, 3.63) is 62.8 Å². The van der Waals surface area contributed by atoms with E-state index < -0.39 is 17.3 Å². The molecule has 0 fully saturated rings. The van der Waals surface area contributed by atoms with Crippen LogP contribution in [-0.4, -0.2) is 10.9 Å². The SMILES string of the molecule is O=C(c1ccc(Cl)cc1)c1c(O)cc(Br)cc1F. The summed E-state index contributed by atoms with van der Waals surface area (Å²) in [4.78, 5) is 12.1.